The predicted octanol–water partition coefficient (Wildman–Crippen LogP) is 6.25. The van der Waals surface area contributed by atoms with Crippen molar-refractivity contribution in [2.45, 2.75) is 51.9 Å². The summed E-state index contributed by atoms with van der Waals surface area (Å²) >= 11 is 5.26. The first-order chi connectivity index (χ1) is 11.8. The zero-order valence-corrected chi connectivity index (χ0v) is 16.5. The second-order valence-corrected chi connectivity index (χ2v) is 8.01. The van der Waals surface area contributed by atoms with Gasteiger partial charge in [-0.05, 0) is 46.5 Å². The monoisotopic (exact) mass is 409 g/mol. The van der Waals surface area contributed by atoms with Gasteiger partial charge in [-0.3, -0.25) is 0 Å². The highest BCUT2D eigenvalue weighted by Crippen LogP contribution is 2.49. The maximum absolute atomic E-state index is 5.94. The van der Waals surface area contributed by atoms with Gasteiger partial charge in [-0.15, -0.1) is 11.3 Å². The molecule has 5 heteroatoms. The number of aromatic nitrogens is 1. The Bertz CT molecular complexity index is 671. The van der Waals surface area contributed by atoms with E-state index >= 15 is 0 Å². The van der Waals surface area contributed by atoms with Crippen LogP contribution in [0.4, 0.5) is 0 Å². The van der Waals surface area contributed by atoms with Crippen LogP contribution in [0.5, 0.6) is 11.5 Å². The lowest BCUT2D eigenvalue weighted by Crippen LogP contribution is -2.15. The summed E-state index contributed by atoms with van der Waals surface area (Å²) in [6.45, 7) is 3.53. The van der Waals surface area contributed by atoms with Gasteiger partial charge in [-0.25, -0.2) is 4.98 Å². The van der Waals surface area contributed by atoms with E-state index in [0.29, 0.717) is 13.2 Å². The van der Waals surface area contributed by atoms with Crippen molar-refractivity contribution < 1.29 is 9.47 Å². The molecule has 0 unspecified atom stereocenters. The molecule has 0 atom stereocenters. The molecular formula is C19H24BrNO2S. The first-order valence-electron chi connectivity index (χ1n) is 8.82. The SMILES string of the molecule is CCCCCCCCc1sc(-c2ccnc(Br)c2)c2c1OCCO2. The summed E-state index contributed by atoms with van der Waals surface area (Å²) in [5, 5.41) is 0. The van der Waals surface area contributed by atoms with Crippen molar-refractivity contribution in [3.63, 3.8) is 0 Å². The number of nitrogens with zero attached hydrogens (tertiary/aromatic N) is 1. The Balaban J connectivity index is 1.73. The number of rotatable bonds is 8. The molecule has 3 nitrogen and oxygen atoms in total. The summed E-state index contributed by atoms with van der Waals surface area (Å²) in [6, 6.07) is 4.07. The van der Waals surface area contributed by atoms with Gasteiger partial charge in [0.1, 0.15) is 17.8 Å². The van der Waals surface area contributed by atoms with Gasteiger partial charge >= 0.3 is 0 Å². The molecule has 0 spiro atoms. The number of pyridine rings is 1. The van der Waals surface area contributed by atoms with Crippen molar-refractivity contribution in [3.05, 3.63) is 27.8 Å². The third-order valence-corrected chi connectivity index (χ3v) is 5.91. The summed E-state index contributed by atoms with van der Waals surface area (Å²) in [5.74, 6) is 1.90. The lowest BCUT2D eigenvalue weighted by atomic mass is 10.1. The van der Waals surface area contributed by atoms with Gasteiger partial charge in [0.2, 0.25) is 0 Å². The number of hydrogen-bond acceptors (Lipinski definition) is 4. The summed E-state index contributed by atoms with van der Waals surface area (Å²) < 4.78 is 12.7. The Morgan fingerprint density at radius 3 is 2.62 bits per heavy atom. The average molecular weight is 410 g/mol. The number of ether oxygens (including phenoxy) is 2. The topological polar surface area (TPSA) is 31.4 Å². The Hall–Kier alpha value is -1.07. The van der Waals surface area contributed by atoms with E-state index in [1.165, 1.54) is 43.4 Å². The van der Waals surface area contributed by atoms with Crippen molar-refractivity contribution in [2.75, 3.05) is 13.2 Å². The minimum Gasteiger partial charge on any atom is -0.485 e. The Morgan fingerprint density at radius 1 is 1.08 bits per heavy atom. The van der Waals surface area contributed by atoms with Crippen LogP contribution in [0.3, 0.4) is 0 Å². The van der Waals surface area contributed by atoms with Gasteiger partial charge in [0, 0.05) is 6.20 Å². The van der Waals surface area contributed by atoms with Gasteiger partial charge in [-0.1, -0.05) is 39.0 Å². The maximum atomic E-state index is 5.94. The highest BCUT2D eigenvalue weighted by Gasteiger charge is 2.25. The summed E-state index contributed by atoms with van der Waals surface area (Å²) in [5.41, 5.74) is 1.14. The molecule has 130 valence electrons. The van der Waals surface area contributed by atoms with Crippen LogP contribution in [-0.4, -0.2) is 18.2 Å². The van der Waals surface area contributed by atoms with E-state index in [1.54, 1.807) is 11.3 Å². The molecule has 0 aliphatic carbocycles. The Morgan fingerprint density at radius 2 is 1.83 bits per heavy atom. The minimum atomic E-state index is 0.624. The Labute approximate surface area is 156 Å². The molecule has 3 heterocycles. The molecule has 24 heavy (non-hydrogen) atoms. The molecule has 3 rings (SSSR count). The van der Waals surface area contributed by atoms with Crippen molar-refractivity contribution in [1.29, 1.82) is 0 Å². The van der Waals surface area contributed by atoms with Crippen molar-refractivity contribution >= 4 is 27.3 Å². The van der Waals surface area contributed by atoms with Crippen LogP contribution in [0.2, 0.25) is 0 Å². The van der Waals surface area contributed by atoms with Crippen molar-refractivity contribution in [1.82, 2.24) is 4.98 Å². The van der Waals surface area contributed by atoms with Crippen LogP contribution >= 0.6 is 27.3 Å². The maximum Gasteiger partial charge on any atom is 0.180 e. The van der Waals surface area contributed by atoms with E-state index in [9.17, 15) is 0 Å². The summed E-state index contributed by atoms with van der Waals surface area (Å²) in [7, 11) is 0. The second-order valence-electron chi connectivity index (χ2n) is 6.09. The first-order valence-corrected chi connectivity index (χ1v) is 10.4. The number of thiophene rings is 1. The van der Waals surface area contributed by atoms with E-state index in [0.717, 1.165) is 33.0 Å². The number of unbranched alkanes of at least 4 members (excludes halogenated alkanes) is 5. The lowest BCUT2D eigenvalue weighted by Gasteiger charge is -2.17. The smallest absolute Gasteiger partial charge is 0.180 e. The quantitative estimate of drug-likeness (QED) is 0.381. The molecule has 1 aliphatic rings. The van der Waals surface area contributed by atoms with E-state index in [2.05, 4.69) is 27.8 Å². The molecule has 0 amide bonds. The first kappa shape index (κ1) is 17.7. The fourth-order valence-electron chi connectivity index (χ4n) is 2.97. The molecule has 2 aromatic heterocycles. The molecule has 0 N–H and O–H groups in total. The highest BCUT2D eigenvalue weighted by atomic mass is 79.9. The van der Waals surface area contributed by atoms with E-state index in [1.807, 2.05) is 18.3 Å². The largest absolute Gasteiger partial charge is 0.485 e. The predicted molar refractivity (Wildman–Crippen MR) is 103 cm³/mol. The van der Waals surface area contributed by atoms with E-state index in [-0.39, 0.29) is 0 Å². The molecule has 0 saturated heterocycles. The fourth-order valence-corrected chi connectivity index (χ4v) is 4.57. The lowest BCUT2D eigenvalue weighted by molar-refractivity contribution is 0.172. The molecule has 0 radical (unpaired) electrons. The molecule has 0 aromatic carbocycles. The van der Waals surface area contributed by atoms with Gasteiger partial charge < -0.3 is 9.47 Å². The zero-order chi connectivity index (χ0) is 16.8. The van der Waals surface area contributed by atoms with Crippen molar-refractivity contribution in [2.24, 2.45) is 0 Å². The molecule has 0 fully saturated rings. The van der Waals surface area contributed by atoms with Crippen LogP contribution in [0.25, 0.3) is 10.4 Å². The number of halogens is 1. The van der Waals surface area contributed by atoms with Crippen LogP contribution < -0.4 is 9.47 Å². The molecular weight excluding hydrogens is 386 g/mol. The summed E-state index contributed by atoms with van der Waals surface area (Å²) in [4.78, 5) is 6.70. The van der Waals surface area contributed by atoms with Crippen LogP contribution in [0.15, 0.2) is 22.9 Å². The molecule has 0 saturated carbocycles. The molecule has 2 aromatic rings. The minimum absolute atomic E-state index is 0.624. The standard InChI is InChI=1S/C19H24BrNO2S/c1-2-3-4-5-6-7-8-15-17-18(23-12-11-22-17)19(24-15)14-9-10-21-16(20)13-14/h9-10,13H,2-8,11-12H2,1H3. The molecule has 1 aliphatic heterocycles. The number of aryl methyl sites for hydroxylation is 1. The number of fused-ring (bicyclic) bond motifs is 1. The van der Waals surface area contributed by atoms with E-state index in [4.69, 9.17) is 9.47 Å². The second kappa shape index (κ2) is 8.86. The zero-order valence-electron chi connectivity index (χ0n) is 14.1. The highest BCUT2D eigenvalue weighted by molar-refractivity contribution is 9.10. The third kappa shape index (κ3) is 4.31. The van der Waals surface area contributed by atoms with E-state index < -0.39 is 0 Å². The normalized spacial score (nSPS) is 13.2. The van der Waals surface area contributed by atoms with Crippen LogP contribution in [-0.2, 0) is 6.42 Å². The Kier molecular flexibility index (Phi) is 6.55. The fraction of sp³-hybridized carbons (Fsp3) is 0.526. The van der Waals surface area contributed by atoms with Gasteiger partial charge in [0.25, 0.3) is 0 Å². The van der Waals surface area contributed by atoms with Gasteiger partial charge in [-0.2, -0.15) is 0 Å². The summed E-state index contributed by atoms with van der Waals surface area (Å²) in [6.07, 6.45) is 10.8. The van der Waals surface area contributed by atoms with Gasteiger partial charge in [0.05, 0.1) is 9.75 Å². The van der Waals surface area contributed by atoms with Gasteiger partial charge in [0.15, 0.2) is 11.5 Å². The van der Waals surface area contributed by atoms with Crippen LogP contribution in [0, 0.1) is 0 Å². The van der Waals surface area contributed by atoms with Crippen LogP contribution in [0.1, 0.15) is 50.3 Å². The third-order valence-electron chi connectivity index (χ3n) is 4.21. The molecule has 0 bridgehead atoms. The average Bonchev–Trinajstić information content (AvgIpc) is 2.97. The van der Waals surface area contributed by atoms with Crippen molar-refractivity contribution in [3.8, 4) is 21.9 Å². The number of hydrogen-bond donors (Lipinski definition) is 0.